The second-order valence-electron chi connectivity index (χ2n) is 3.47. The van der Waals surface area contributed by atoms with Crippen LogP contribution in [0.25, 0.3) is 0 Å². The van der Waals surface area contributed by atoms with Gasteiger partial charge in [0.1, 0.15) is 0 Å². The summed E-state index contributed by atoms with van der Waals surface area (Å²) in [5.74, 6) is 1.36. The van der Waals surface area contributed by atoms with Crippen LogP contribution in [0.3, 0.4) is 0 Å². The lowest BCUT2D eigenvalue weighted by Gasteiger charge is -2.20. The topological polar surface area (TPSA) is 77.0 Å². The number of piperidine rings is 1. The molecular weight excluding hydrogens is 168 g/mol. The fourth-order valence-corrected chi connectivity index (χ4v) is 1.71. The molecule has 1 unspecified atom stereocenters. The third-order valence-corrected chi connectivity index (χ3v) is 2.35. The van der Waals surface area contributed by atoms with Crippen LogP contribution in [0, 0.1) is 5.92 Å². The summed E-state index contributed by atoms with van der Waals surface area (Å²) in [5.41, 5.74) is 5.33. The molecule has 72 valence electrons. The Bertz CT molecular complexity index is 267. The monoisotopic (exact) mass is 182 g/mol. The lowest BCUT2D eigenvalue weighted by molar-refractivity contribution is 0.360. The molecule has 0 radical (unpaired) electrons. The van der Waals surface area contributed by atoms with Gasteiger partial charge in [-0.1, -0.05) is 5.16 Å². The van der Waals surface area contributed by atoms with Crippen molar-refractivity contribution in [2.24, 2.45) is 5.92 Å². The Kier molecular flexibility index (Phi) is 2.44. The van der Waals surface area contributed by atoms with Crippen molar-refractivity contribution in [2.75, 3.05) is 18.8 Å². The molecule has 1 aliphatic heterocycles. The Labute approximate surface area is 76.7 Å². The van der Waals surface area contributed by atoms with E-state index >= 15 is 0 Å². The van der Waals surface area contributed by atoms with E-state index in [0.29, 0.717) is 5.92 Å². The molecule has 0 aromatic carbocycles. The van der Waals surface area contributed by atoms with Gasteiger partial charge in [-0.2, -0.15) is 4.98 Å². The molecule has 5 nitrogen and oxygen atoms in total. The Morgan fingerprint density at radius 1 is 1.62 bits per heavy atom. The molecule has 1 aromatic heterocycles. The van der Waals surface area contributed by atoms with Crippen molar-refractivity contribution < 1.29 is 4.52 Å². The molecule has 0 spiro atoms. The molecule has 5 heteroatoms. The lowest BCUT2D eigenvalue weighted by atomic mass is 9.96. The van der Waals surface area contributed by atoms with E-state index in [2.05, 4.69) is 15.5 Å². The number of nitrogen functional groups attached to an aromatic ring is 1. The summed E-state index contributed by atoms with van der Waals surface area (Å²) in [6, 6.07) is 0.166. The van der Waals surface area contributed by atoms with Crippen molar-refractivity contribution in [3.05, 3.63) is 5.82 Å². The number of anilines is 1. The first-order chi connectivity index (χ1) is 6.34. The molecule has 2 heterocycles. The highest BCUT2D eigenvalue weighted by Crippen LogP contribution is 2.14. The Morgan fingerprint density at radius 3 is 3.15 bits per heavy atom. The molecule has 0 bridgehead atoms. The number of nitrogens with two attached hydrogens (primary N) is 1. The van der Waals surface area contributed by atoms with Gasteiger partial charge in [0.25, 0.3) is 0 Å². The summed E-state index contributed by atoms with van der Waals surface area (Å²) in [6.45, 7) is 2.18. The van der Waals surface area contributed by atoms with E-state index in [1.54, 1.807) is 0 Å². The van der Waals surface area contributed by atoms with Gasteiger partial charge in [-0.3, -0.25) is 0 Å². The van der Waals surface area contributed by atoms with Crippen molar-refractivity contribution in [2.45, 2.75) is 19.3 Å². The normalized spacial score (nSPS) is 23.2. The van der Waals surface area contributed by atoms with E-state index < -0.39 is 0 Å². The van der Waals surface area contributed by atoms with E-state index in [4.69, 9.17) is 10.3 Å². The smallest absolute Gasteiger partial charge is 0.318 e. The predicted octanol–water partition coefficient (Wildman–Crippen LogP) is 0.194. The van der Waals surface area contributed by atoms with Crippen LogP contribution >= 0.6 is 0 Å². The van der Waals surface area contributed by atoms with Gasteiger partial charge in [0.15, 0.2) is 5.82 Å². The predicted molar refractivity (Wildman–Crippen MR) is 48.0 cm³/mol. The lowest BCUT2D eigenvalue weighted by Crippen LogP contribution is -2.31. The maximum Gasteiger partial charge on any atom is 0.318 e. The molecule has 0 saturated carbocycles. The Hall–Kier alpha value is -1.10. The minimum Gasteiger partial charge on any atom is -0.351 e. The van der Waals surface area contributed by atoms with E-state index in [1.807, 2.05) is 0 Å². The van der Waals surface area contributed by atoms with Crippen molar-refractivity contribution in [3.63, 3.8) is 0 Å². The van der Waals surface area contributed by atoms with E-state index in [9.17, 15) is 0 Å². The van der Waals surface area contributed by atoms with Gasteiger partial charge in [-0.05, 0) is 31.8 Å². The average Bonchev–Trinajstić information content (AvgIpc) is 2.53. The van der Waals surface area contributed by atoms with Crippen molar-refractivity contribution in [3.8, 4) is 0 Å². The molecular formula is C8H14N4O. The largest absolute Gasteiger partial charge is 0.351 e. The van der Waals surface area contributed by atoms with Crippen molar-refractivity contribution in [1.29, 1.82) is 0 Å². The van der Waals surface area contributed by atoms with Crippen molar-refractivity contribution in [1.82, 2.24) is 15.5 Å². The third-order valence-electron chi connectivity index (χ3n) is 2.35. The van der Waals surface area contributed by atoms with Crippen LogP contribution in [0.15, 0.2) is 4.52 Å². The van der Waals surface area contributed by atoms with Gasteiger partial charge >= 0.3 is 6.01 Å². The average molecular weight is 182 g/mol. The Morgan fingerprint density at radius 2 is 2.54 bits per heavy atom. The number of hydrogen-bond acceptors (Lipinski definition) is 5. The van der Waals surface area contributed by atoms with Gasteiger partial charge in [0, 0.05) is 6.42 Å². The Balaban J connectivity index is 1.89. The highest BCUT2D eigenvalue weighted by Gasteiger charge is 2.16. The highest BCUT2D eigenvalue weighted by molar-refractivity contribution is 5.07. The molecule has 13 heavy (non-hydrogen) atoms. The molecule has 1 fully saturated rings. The van der Waals surface area contributed by atoms with Crippen LogP contribution in [-0.4, -0.2) is 23.2 Å². The van der Waals surface area contributed by atoms with Crippen LogP contribution < -0.4 is 11.1 Å². The number of nitrogens with one attached hydrogen (secondary N) is 1. The van der Waals surface area contributed by atoms with E-state index in [-0.39, 0.29) is 6.01 Å². The van der Waals surface area contributed by atoms with Crippen LogP contribution in [0.4, 0.5) is 6.01 Å². The van der Waals surface area contributed by atoms with Gasteiger partial charge in [-0.25, -0.2) is 0 Å². The number of hydrogen-bond donors (Lipinski definition) is 2. The zero-order chi connectivity index (χ0) is 9.10. The summed E-state index contributed by atoms with van der Waals surface area (Å²) in [6.07, 6.45) is 3.34. The van der Waals surface area contributed by atoms with Crippen molar-refractivity contribution >= 4 is 6.01 Å². The van der Waals surface area contributed by atoms with E-state index in [1.165, 1.54) is 12.8 Å². The number of nitrogens with zero attached hydrogens (tertiary/aromatic N) is 2. The fraction of sp³-hybridized carbons (Fsp3) is 0.750. The highest BCUT2D eigenvalue weighted by atomic mass is 16.5. The standard InChI is InChI=1S/C8H14N4O/c9-8-11-7(12-13-8)4-6-2-1-3-10-5-6/h6,10H,1-5H2,(H2,9,11,12). The maximum absolute atomic E-state index is 5.33. The molecule has 3 N–H and O–H groups in total. The quantitative estimate of drug-likeness (QED) is 0.683. The molecule has 1 aliphatic rings. The second kappa shape index (κ2) is 3.74. The van der Waals surface area contributed by atoms with Crippen LogP contribution in [0.1, 0.15) is 18.7 Å². The van der Waals surface area contributed by atoms with E-state index in [0.717, 1.165) is 25.3 Å². The van der Waals surface area contributed by atoms with Gasteiger partial charge in [0.05, 0.1) is 0 Å². The zero-order valence-electron chi connectivity index (χ0n) is 7.49. The molecule has 0 amide bonds. The summed E-state index contributed by atoms with van der Waals surface area (Å²) in [5, 5.41) is 7.12. The van der Waals surface area contributed by atoms with Crippen LogP contribution in [0.5, 0.6) is 0 Å². The third kappa shape index (κ3) is 2.18. The first-order valence-electron chi connectivity index (χ1n) is 4.63. The number of rotatable bonds is 2. The molecule has 0 aliphatic carbocycles. The zero-order valence-corrected chi connectivity index (χ0v) is 7.49. The summed E-state index contributed by atoms with van der Waals surface area (Å²) < 4.78 is 4.70. The van der Waals surface area contributed by atoms with Crippen LogP contribution in [-0.2, 0) is 6.42 Å². The first kappa shape index (κ1) is 8.50. The van der Waals surface area contributed by atoms with Gasteiger partial charge in [-0.15, -0.1) is 0 Å². The summed E-state index contributed by atoms with van der Waals surface area (Å²) in [4.78, 5) is 3.98. The molecule has 1 atom stereocenters. The van der Waals surface area contributed by atoms with Gasteiger partial charge in [0.2, 0.25) is 0 Å². The SMILES string of the molecule is Nc1nc(CC2CCCNC2)no1. The van der Waals surface area contributed by atoms with Gasteiger partial charge < -0.3 is 15.6 Å². The molecule has 2 rings (SSSR count). The number of aromatic nitrogens is 2. The van der Waals surface area contributed by atoms with Crippen LogP contribution in [0.2, 0.25) is 0 Å². The molecule has 1 aromatic rings. The second-order valence-corrected chi connectivity index (χ2v) is 3.47. The fourth-order valence-electron chi connectivity index (χ4n) is 1.71. The minimum atomic E-state index is 0.166. The molecule has 1 saturated heterocycles. The first-order valence-corrected chi connectivity index (χ1v) is 4.63. The minimum absolute atomic E-state index is 0.166. The maximum atomic E-state index is 5.33. The summed E-state index contributed by atoms with van der Waals surface area (Å²) >= 11 is 0. The summed E-state index contributed by atoms with van der Waals surface area (Å²) in [7, 11) is 0.